The van der Waals surface area contributed by atoms with E-state index < -0.39 is 0 Å². The molecule has 1 fully saturated rings. The molecular formula is C16H15ClN2O2S. The second-order valence-corrected chi connectivity index (χ2v) is 6.91. The van der Waals surface area contributed by atoms with E-state index in [0.717, 1.165) is 5.56 Å². The number of Topliss-reactive ketones (excluding diaryl/α,β-unsaturated/α-hetero) is 1. The SMILES string of the molecule is CC(C)C(=O)C(C#N)=C1NC(=O)C(Cc2ccc(Cl)cc2)S1. The number of rotatable bonds is 4. The van der Waals surface area contributed by atoms with Crippen LogP contribution in [0, 0.1) is 17.2 Å². The minimum absolute atomic E-state index is 0.0342. The molecule has 1 amide bonds. The maximum absolute atomic E-state index is 12.1. The van der Waals surface area contributed by atoms with Crippen LogP contribution in [0.4, 0.5) is 0 Å². The van der Waals surface area contributed by atoms with E-state index in [4.69, 9.17) is 11.6 Å². The Kier molecular flexibility index (Phi) is 5.28. The van der Waals surface area contributed by atoms with Crippen LogP contribution < -0.4 is 5.32 Å². The smallest absolute Gasteiger partial charge is 0.238 e. The van der Waals surface area contributed by atoms with E-state index in [0.29, 0.717) is 16.5 Å². The van der Waals surface area contributed by atoms with Gasteiger partial charge in [0, 0.05) is 10.9 Å². The minimum Gasteiger partial charge on any atom is -0.318 e. The first-order valence-corrected chi connectivity index (χ1v) is 8.08. The molecule has 0 radical (unpaired) electrons. The first kappa shape index (κ1) is 16.6. The molecule has 0 spiro atoms. The highest BCUT2D eigenvalue weighted by Crippen LogP contribution is 2.32. The Labute approximate surface area is 138 Å². The molecule has 1 heterocycles. The zero-order valence-corrected chi connectivity index (χ0v) is 13.8. The molecule has 1 aliphatic rings. The highest BCUT2D eigenvalue weighted by Gasteiger charge is 2.33. The van der Waals surface area contributed by atoms with Crippen molar-refractivity contribution >= 4 is 35.1 Å². The van der Waals surface area contributed by atoms with E-state index in [1.54, 1.807) is 26.0 Å². The third-order valence-electron chi connectivity index (χ3n) is 3.23. The fourth-order valence-electron chi connectivity index (χ4n) is 2.01. The Morgan fingerprint density at radius 3 is 2.59 bits per heavy atom. The number of nitriles is 1. The van der Waals surface area contributed by atoms with Crippen LogP contribution in [-0.4, -0.2) is 16.9 Å². The van der Waals surface area contributed by atoms with E-state index in [1.165, 1.54) is 11.8 Å². The van der Waals surface area contributed by atoms with Crippen molar-refractivity contribution in [2.45, 2.75) is 25.5 Å². The van der Waals surface area contributed by atoms with E-state index in [2.05, 4.69) is 5.32 Å². The first-order valence-electron chi connectivity index (χ1n) is 6.83. The van der Waals surface area contributed by atoms with Crippen LogP contribution in [0.1, 0.15) is 19.4 Å². The molecule has 1 aliphatic heterocycles. The van der Waals surface area contributed by atoms with Crippen molar-refractivity contribution in [2.24, 2.45) is 5.92 Å². The molecule has 4 nitrogen and oxygen atoms in total. The summed E-state index contributed by atoms with van der Waals surface area (Å²) < 4.78 is 0. The normalized spacial score (nSPS) is 19.8. The van der Waals surface area contributed by atoms with Crippen molar-refractivity contribution in [3.8, 4) is 6.07 Å². The fourth-order valence-corrected chi connectivity index (χ4v) is 3.29. The van der Waals surface area contributed by atoms with Crippen molar-refractivity contribution in [1.29, 1.82) is 5.26 Å². The molecule has 2 rings (SSSR count). The van der Waals surface area contributed by atoms with Crippen molar-refractivity contribution in [3.63, 3.8) is 0 Å². The standard InChI is InChI=1S/C16H15ClN2O2S/c1-9(2)14(20)12(8-18)16-19-15(21)13(22-16)7-10-3-5-11(17)6-4-10/h3-6,9,13H,7H2,1-2H3,(H,19,21). The lowest BCUT2D eigenvalue weighted by Crippen LogP contribution is -2.24. The van der Waals surface area contributed by atoms with E-state index in [9.17, 15) is 14.9 Å². The number of thioether (sulfide) groups is 1. The lowest BCUT2D eigenvalue weighted by Gasteiger charge is -2.06. The molecule has 1 atom stereocenters. The molecule has 6 heteroatoms. The molecule has 1 saturated heterocycles. The quantitative estimate of drug-likeness (QED) is 0.678. The zero-order chi connectivity index (χ0) is 16.3. The summed E-state index contributed by atoms with van der Waals surface area (Å²) in [5.41, 5.74) is 1.01. The molecule has 1 N–H and O–H groups in total. The second kappa shape index (κ2) is 6.99. The molecule has 22 heavy (non-hydrogen) atoms. The Hall–Kier alpha value is -1.77. The van der Waals surface area contributed by atoms with Gasteiger partial charge in [-0.15, -0.1) is 0 Å². The minimum atomic E-state index is -0.348. The molecule has 1 unspecified atom stereocenters. The monoisotopic (exact) mass is 334 g/mol. The summed E-state index contributed by atoms with van der Waals surface area (Å²) in [6.07, 6.45) is 0.520. The Morgan fingerprint density at radius 1 is 1.41 bits per heavy atom. The second-order valence-electron chi connectivity index (χ2n) is 5.26. The zero-order valence-electron chi connectivity index (χ0n) is 12.2. The summed E-state index contributed by atoms with van der Waals surface area (Å²) in [7, 11) is 0. The largest absolute Gasteiger partial charge is 0.318 e. The van der Waals surface area contributed by atoms with Crippen molar-refractivity contribution in [1.82, 2.24) is 5.32 Å². The summed E-state index contributed by atoms with van der Waals surface area (Å²) >= 11 is 7.08. The lowest BCUT2D eigenvalue weighted by molar-refractivity contribution is -0.119. The molecule has 1 aromatic carbocycles. The summed E-state index contributed by atoms with van der Waals surface area (Å²) in [6, 6.07) is 9.19. The van der Waals surface area contributed by atoms with Crippen LogP contribution in [0.15, 0.2) is 34.9 Å². The highest BCUT2D eigenvalue weighted by atomic mass is 35.5. The van der Waals surface area contributed by atoms with E-state index >= 15 is 0 Å². The number of amides is 1. The average molecular weight is 335 g/mol. The molecule has 114 valence electrons. The lowest BCUT2D eigenvalue weighted by atomic mass is 10.0. The maximum Gasteiger partial charge on any atom is 0.238 e. The van der Waals surface area contributed by atoms with E-state index in [1.807, 2.05) is 18.2 Å². The van der Waals surface area contributed by atoms with Gasteiger partial charge in [-0.2, -0.15) is 5.26 Å². The average Bonchev–Trinajstić information content (AvgIpc) is 2.83. The molecule has 1 aromatic rings. The Balaban J connectivity index is 2.18. The number of carbonyl (C=O) groups is 2. The van der Waals surface area contributed by atoms with Gasteiger partial charge in [0.2, 0.25) is 5.91 Å². The van der Waals surface area contributed by atoms with Gasteiger partial charge in [0.15, 0.2) is 5.78 Å². The summed E-state index contributed by atoms with van der Waals surface area (Å²) in [4.78, 5) is 24.1. The van der Waals surface area contributed by atoms with Crippen molar-refractivity contribution < 1.29 is 9.59 Å². The third kappa shape index (κ3) is 3.70. The summed E-state index contributed by atoms with van der Waals surface area (Å²) in [6.45, 7) is 3.46. The third-order valence-corrected chi connectivity index (χ3v) is 4.69. The number of halogens is 1. The number of hydrogen-bond acceptors (Lipinski definition) is 4. The predicted octanol–water partition coefficient (Wildman–Crippen LogP) is 3.07. The van der Waals surface area contributed by atoms with Gasteiger partial charge in [0.05, 0.1) is 10.3 Å². The first-order chi connectivity index (χ1) is 10.4. The Morgan fingerprint density at radius 2 is 2.05 bits per heavy atom. The summed E-state index contributed by atoms with van der Waals surface area (Å²) in [5.74, 6) is -0.716. The van der Waals surface area contributed by atoms with Crippen molar-refractivity contribution in [3.05, 3.63) is 45.5 Å². The van der Waals surface area contributed by atoms with Gasteiger partial charge < -0.3 is 5.32 Å². The van der Waals surface area contributed by atoms with Gasteiger partial charge in [0.25, 0.3) is 0 Å². The predicted molar refractivity (Wildman–Crippen MR) is 87.2 cm³/mol. The highest BCUT2D eigenvalue weighted by molar-refractivity contribution is 8.04. The van der Waals surface area contributed by atoms with Gasteiger partial charge in [0.1, 0.15) is 11.6 Å². The Bertz CT molecular complexity index is 674. The maximum atomic E-state index is 12.1. The molecule has 0 aromatic heterocycles. The van der Waals surface area contributed by atoms with Crippen LogP contribution >= 0.6 is 23.4 Å². The van der Waals surface area contributed by atoms with Crippen LogP contribution in [-0.2, 0) is 16.0 Å². The molecular weight excluding hydrogens is 320 g/mol. The van der Waals surface area contributed by atoms with Gasteiger partial charge in [-0.05, 0) is 24.1 Å². The number of carbonyl (C=O) groups excluding carboxylic acids is 2. The molecule has 0 bridgehead atoms. The number of nitrogens with one attached hydrogen (secondary N) is 1. The van der Waals surface area contributed by atoms with Gasteiger partial charge in [-0.3, -0.25) is 9.59 Å². The number of ketones is 1. The van der Waals surface area contributed by atoms with Gasteiger partial charge >= 0.3 is 0 Å². The van der Waals surface area contributed by atoms with Crippen LogP contribution in [0.2, 0.25) is 5.02 Å². The number of nitrogens with zero attached hydrogens (tertiary/aromatic N) is 1. The van der Waals surface area contributed by atoms with E-state index in [-0.39, 0.29) is 28.4 Å². The van der Waals surface area contributed by atoms with Crippen LogP contribution in [0.3, 0.4) is 0 Å². The number of allylic oxidation sites excluding steroid dienone is 1. The van der Waals surface area contributed by atoms with Crippen LogP contribution in [0.5, 0.6) is 0 Å². The molecule has 0 saturated carbocycles. The number of hydrogen-bond donors (Lipinski definition) is 1. The van der Waals surface area contributed by atoms with Gasteiger partial charge in [-0.1, -0.05) is 49.3 Å². The number of benzene rings is 1. The van der Waals surface area contributed by atoms with Crippen LogP contribution in [0.25, 0.3) is 0 Å². The topological polar surface area (TPSA) is 70.0 Å². The fraction of sp³-hybridized carbons (Fsp3) is 0.312. The summed E-state index contributed by atoms with van der Waals surface area (Å²) in [5, 5.41) is 12.5. The molecule has 0 aliphatic carbocycles. The van der Waals surface area contributed by atoms with Crippen molar-refractivity contribution in [2.75, 3.05) is 0 Å². The van der Waals surface area contributed by atoms with Gasteiger partial charge in [-0.25, -0.2) is 0 Å².